The number of anilines is 1. The van der Waals surface area contributed by atoms with Crippen LogP contribution in [0, 0.1) is 0 Å². The van der Waals surface area contributed by atoms with Crippen LogP contribution < -0.4 is 15.1 Å². The first kappa shape index (κ1) is 18.6. The molecule has 0 fully saturated rings. The fourth-order valence-electron chi connectivity index (χ4n) is 3.76. The summed E-state index contributed by atoms with van der Waals surface area (Å²) in [5.41, 5.74) is 1.30. The lowest BCUT2D eigenvalue weighted by molar-refractivity contribution is 0.0971. The van der Waals surface area contributed by atoms with Crippen LogP contribution in [0.25, 0.3) is 11.0 Å². The van der Waals surface area contributed by atoms with Crippen LogP contribution in [0.2, 0.25) is 0 Å². The molecule has 0 aliphatic carbocycles. The van der Waals surface area contributed by atoms with E-state index in [9.17, 15) is 9.59 Å². The predicted octanol–water partition coefficient (Wildman–Crippen LogP) is 4.79. The number of amides is 1. The standard InChI is InChI=1S/C23H18N2O4S/c1-2-11-28-15-7-5-6-14(13-15)19-18-20(26)16-8-3-4-9-17(16)29-21(18)22(27)25(19)23-24-10-12-30-23/h3-10,12-13,19H,2,11H2,1H3/t19-/m1/s1. The largest absolute Gasteiger partial charge is 0.494 e. The first-order chi connectivity index (χ1) is 14.7. The van der Waals surface area contributed by atoms with Gasteiger partial charge in [-0.2, -0.15) is 0 Å². The van der Waals surface area contributed by atoms with Gasteiger partial charge in [-0.15, -0.1) is 11.3 Å². The van der Waals surface area contributed by atoms with E-state index in [0.29, 0.717) is 34.0 Å². The van der Waals surface area contributed by atoms with Gasteiger partial charge in [-0.3, -0.25) is 14.5 Å². The molecular formula is C23H18N2O4S. The topological polar surface area (TPSA) is 72.6 Å². The molecule has 1 aliphatic rings. The first-order valence-electron chi connectivity index (χ1n) is 9.70. The van der Waals surface area contributed by atoms with E-state index in [2.05, 4.69) is 4.98 Å². The maximum absolute atomic E-state index is 13.4. The molecule has 30 heavy (non-hydrogen) atoms. The second kappa shape index (κ2) is 7.42. The highest BCUT2D eigenvalue weighted by atomic mass is 32.1. The van der Waals surface area contributed by atoms with Gasteiger partial charge in [0.2, 0.25) is 5.76 Å². The van der Waals surface area contributed by atoms with Crippen LogP contribution in [-0.4, -0.2) is 17.5 Å². The number of rotatable bonds is 5. The Morgan fingerprint density at radius 3 is 2.83 bits per heavy atom. The van der Waals surface area contributed by atoms with E-state index in [4.69, 9.17) is 9.15 Å². The van der Waals surface area contributed by atoms with Crippen molar-refractivity contribution in [1.82, 2.24) is 4.98 Å². The third-order valence-corrected chi connectivity index (χ3v) is 5.82. The number of fused-ring (bicyclic) bond motifs is 2. The molecule has 1 amide bonds. The van der Waals surface area contributed by atoms with Crippen molar-refractivity contribution >= 4 is 33.3 Å². The number of para-hydroxylation sites is 1. The summed E-state index contributed by atoms with van der Waals surface area (Å²) in [6, 6.07) is 13.8. The number of hydrogen-bond donors (Lipinski definition) is 0. The number of hydrogen-bond acceptors (Lipinski definition) is 6. The Morgan fingerprint density at radius 1 is 1.17 bits per heavy atom. The van der Waals surface area contributed by atoms with Crippen LogP contribution in [0.4, 0.5) is 5.13 Å². The molecule has 5 rings (SSSR count). The summed E-state index contributed by atoms with van der Waals surface area (Å²) in [4.78, 5) is 32.7. The van der Waals surface area contributed by atoms with Gasteiger partial charge in [0, 0.05) is 11.6 Å². The Bertz CT molecular complexity index is 1300. The maximum Gasteiger partial charge on any atom is 0.297 e. The van der Waals surface area contributed by atoms with Crippen molar-refractivity contribution in [2.45, 2.75) is 19.4 Å². The third kappa shape index (κ3) is 2.90. The third-order valence-electron chi connectivity index (χ3n) is 5.05. The number of thiazole rings is 1. The Labute approximate surface area is 176 Å². The Hall–Kier alpha value is -3.45. The first-order valence-corrected chi connectivity index (χ1v) is 10.6. The van der Waals surface area contributed by atoms with E-state index in [1.54, 1.807) is 35.8 Å². The average molecular weight is 418 g/mol. The summed E-state index contributed by atoms with van der Waals surface area (Å²) in [5.74, 6) is 0.394. The van der Waals surface area contributed by atoms with Gasteiger partial charge in [0.1, 0.15) is 11.3 Å². The predicted molar refractivity (Wildman–Crippen MR) is 115 cm³/mol. The van der Waals surface area contributed by atoms with E-state index >= 15 is 0 Å². The number of nitrogens with zero attached hydrogens (tertiary/aromatic N) is 2. The minimum Gasteiger partial charge on any atom is -0.494 e. The van der Waals surface area contributed by atoms with Gasteiger partial charge in [0.15, 0.2) is 10.6 Å². The lowest BCUT2D eigenvalue weighted by Gasteiger charge is -2.23. The summed E-state index contributed by atoms with van der Waals surface area (Å²) in [5, 5.41) is 2.77. The van der Waals surface area contributed by atoms with E-state index < -0.39 is 6.04 Å². The van der Waals surface area contributed by atoms with Crippen molar-refractivity contribution in [3.8, 4) is 5.75 Å². The summed E-state index contributed by atoms with van der Waals surface area (Å²) >= 11 is 1.34. The molecule has 0 saturated carbocycles. The van der Waals surface area contributed by atoms with Crippen molar-refractivity contribution < 1.29 is 13.9 Å². The van der Waals surface area contributed by atoms with Crippen LogP contribution in [-0.2, 0) is 0 Å². The number of benzene rings is 2. The van der Waals surface area contributed by atoms with Gasteiger partial charge in [-0.25, -0.2) is 4.98 Å². The van der Waals surface area contributed by atoms with E-state index in [1.807, 2.05) is 31.2 Å². The molecule has 0 bridgehead atoms. The van der Waals surface area contributed by atoms with Crippen molar-refractivity contribution in [1.29, 1.82) is 0 Å². The number of carbonyl (C=O) groups is 1. The van der Waals surface area contributed by atoms with Crippen LogP contribution in [0.5, 0.6) is 5.75 Å². The zero-order chi connectivity index (χ0) is 20.7. The highest BCUT2D eigenvalue weighted by molar-refractivity contribution is 7.13. The smallest absolute Gasteiger partial charge is 0.297 e. The lowest BCUT2D eigenvalue weighted by atomic mass is 9.98. The normalized spacial score (nSPS) is 15.6. The summed E-state index contributed by atoms with van der Waals surface area (Å²) in [6.07, 6.45) is 2.52. The molecule has 0 unspecified atom stereocenters. The molecule has 0 N–H and O–H groups in total. The fourth-order valence-corrected chi connectivity index (χ4v) is 4.43. The number of aromatic nitrogens is 1. The van der Waals surface area contributed by atoms with Crippen LogP contribution in [0.1, 0.15) is 41.1 Å². The van der Waals surface area contributed by atoms with Gasteiger partial charge < -0.3 is 9.15 Å². The highest BCUT2D eigenvalue weighted by Gasteiger charge is 2.44. The summed E-state index contributed by atoms with van der Waals surface area (Å²) < 4.78 is 11.7. The molecule has 7 heteroatoms. The van der Waals surface area contributed by atoms with Crippen LogP contribution in [0.3, 0.4) is 0 Å². The van der Waals surface area contributed by atoms with Crippen molar-refractivity contribution in [2.75, 3.05) is 11.5 Å². The maximum atomic E-state index is 13.4. The van der Waals surface area contributed by atoms with E-state index in [1.165, 1.54) is 16.2 Å². The molecule has 0 spiro atoms. The van der Waals surface area contributed by atoms with Crippen LogP contribution >= 0.6 is 11.3 Å². The molecule has 2 aromatic heterocycles. The van der Waals surface area contributed by atoms with Gasteiger partial charge in [-0.1, -0.05) is 31.2 Å². The average Bonchev–Trinajstić information content (AvgIpc) is 3.39. The monoisotopic (exact) mass is 418 g/mol. The summed E-state index contributed by atoms with van der Waals surface area (Å²) in [7, 11) is 0. The Kier molecular flexibility index (Phi) is 4.59. The molecule has 0 radical (unpaired) electrons. The van der Waals surface area contributed by atoms with E-state index in [0.717, 1.165) is 12.0 Å². The minimum atomic E-state index is -0.635. The molecule has 1 aliphatic heterocycles. The molecular weight excluding hydrogens is 400 g/mol. The molecule has 4 aromatic rings. The fraction of sp³-hybridized carbons (Fsp3) is 0.174. The van der Waals surface area contributed by atoms with Crippen LogP contribution in [0.15, 0.2) is 69.3 Å². The zero-order valence-corrected chi connectivity index (χ0v) is 17.0. The molecule has 3 heterocycles. The molecule has 150 valence electrons. The number of carbonyl (C=O) groups excluding carboxylic acids is 1. The Balaban J connectivity index is 1.75. The molecule has 1 atom stereocenters. The second-order valence-corrected chi connectivity index (χ2v) is 7.86. The van der Waals surface area contributed by atoms with Gasteiger partial charge in [0.05, 0.1) is 23.6 Å². The molecule has 2 aromatic carbocycles. The van der Waals surface area contributed by atoms with Gasteiger partial charge in [-0.05, 0) is 36.2 Å². The summed E-state index contributed by atoms with van der Waals surface area (Å²) in [6.45, 7) is 2.63. The SMILES string of the molecule is CCCOc1cccc([C@@H]2c3c(oc4ccccc4c3=O)C(=O)N2c2nccs2)c1. The quantitative estimate of drug-likeness (QED) is 0.466. The Morgan fingerprint density at radius 2 is 2.03 bits per heavy atom. The van der Waals surface area contributed by atoms with Crippen molar-refractivity contribution in [2.24, 2.45) is 0 Å². The minimum absolute atomic E-state index is 0.0683. The molecule has 6 nitrogen and oxygen atoms in total. The number of ether oxygens (including phenoxy) is 1. The lowest BCUT2D eigenvalue weighted by Crippen LogP contribution is -2.29. The highest BCUT2D eigenvalue weighted by Crippen LogP contribution is 2.42. The van der Waals surface area contributed by atoms with Gasteiger partial charge >= 0.3 is 0 Å². The molecule has 0 saturated heterocycles. The van der Waals surface area contributed by atoms with Gasteiger partial charge in [0.25, 0.3) is 5.91 Å². The second-order valence-electron chi connectivity index (χ2n) is 6.98. The van der Waals surface area contributed by atoms with Crippen molar-refractivity contribution in [3.05, 3.63) is 87.2 Å². The zero-order valence-electron chi connectivity index (χ0n) is 16.2. The van der Waals surface area contributed by atoms with Crippen molar-refractivity contribution in [3.63, 3.8) is 0 Å². The van der Waals surface area contributed by atoms with E-state index in [-0.39, 0.29) is 17.1 Å².